The third kappa shape index (κ3) is 6.79. The Bertz CT molecular complexity index is 901. The molecule has 0 unspecified atom stereocenters. The summed E-state index contributed by atoms with van der Waals surface area (Å²) in [6.45, 7) is 2.56. The largest absolute Gasteiger partial charge is 0.480 e. The number of carboxylic acid groups (broad SMARTS) is 1. The van der Waals surface area contributed by atoms with Gasteiger partial charge in [-0.25, -0.2) is 0 Å². The third-order valence-corrected chi connectivity index (χ3v) is 4.14. The Morgan fingerprint density at radius 1 is 1.11 bits per heavy atom. The molecule has 0 spiro atoms. The van der Waals surface area contributed by atoms with Gasteiger partial charge in [-0.3, -0.25) is 9.69 Å². The van der Waals surface area contributed by atoms with Crippen LogP contribution in [0.15, 0.2) is 66.9 Å². The number of likely N-dealkylation sites (N-methyl/N-ethyl adjacent to an activating group) is 1. The van der Waals surface area contributed by atoms with Crippen LogP contribution >= 0.6 is 0 Å². The minimum atomic E-state index is -0.842. The van der Waals surface area contributed by atoms with E-state index in [4.69, 9.17) is 5.11 Å². The zero-order valence-corrected chi connectivity index (χ0v) is 16.6. The Hall–Kier alpha value is -3.29. The van der Waals surface area contributed by atoms with Gasteiger partial charge in [0.2, 0.25) is 0 Å². The van der Waals surface area contributed by atoms with Crippen molar-refractivity contribution in [3.8, 4) is 11.8 Å². The average Bonchev–Trinajstić information content (AvgIpc) is 2.69. The quantitative estimate of drug-likeness (QED) is 0.726. The molecule has 0 aliphatic carbocycles. The molecule has 2 aromatic rings. The maximum atomic E-state index is 10.9. The number of benzene rings is 2. The van der Waals surface area contributed by atoms with Crippen molar-refractivity contribution in [1.82, 2.24) is 10.2 Å². The Labute approximate surface area is 167 Å². The second-order valence-corrected chi connectivity index (χ2v) is 6.52. The summed E-state index contributed by atoms with van der Waals surface area (Å²) in [6, 6.07) is 18.0. The molecule has 4 heteroatoms. The van der Waals surface area contributed by atoms with Crippen LogP contribution in [0.2, 0.25) is 0 Å². The minimum absolute atomic E-state index is 0.00700. The maximum absolute atomic E-state index is 10.9. The summed E-state index contributed by atoms with van der Waals surface area (Å²) in [4.78, 5) is 12.6. The smallest absolute Gasteiger partial charge is 0.317 e. The van der Waals surface area contributed by atoms with Crippen LogP contribution in [0, 0.1) is 11.8 Å². The number of carbonyl (C=O) groups is 1. The van der Waals surface area contributed by atoms with Crippen molar-refractivity contribution in [2.24, 2.45) is 0 Å². The van der Waals surface area contributed by atoms with Crippen LogP contribution in [-0.4, -0.2) is 43.2 Å². The van der Waals surface area contributed by atoms with Crippen LogP contribution in [-0.2, 0) is 4.79 Å². The molecule has 0 fully saturated rings. The fraction of sp³-hybridized carbons (Fsp3) is 0.208. The van der Waals surface area contributed by atoms with Crippen molar-refractivity contribution in [2.45, 2.75) is 6.92 Å². The van der Waals surface area contributed by atoms with E-state index in [2.05, 4.69) is 36.2 Å². The summed E-state index contributed by atoms with van der Waals surface area (Å²) in [5.74, 6) is 5.62. The van der Waals surface area contributed by atoms with Crippen molar-refractivity contribution in [1.29, 1.82) is 0 Å². The topological polar surface area (TPSA) is 52.6 Å². The second-order valence-electron chi connectivity index (χ2n) is 6.52. The van der Waals surface area contributed by atoms with E-state index in [0.29, 0.717) is 6.54 Å². The predicted octanol–water partition coefficient (Wildman–Crippen LogP) is 3.72. The van der Waals surface area contributed by atoms with Gasteiger partial charge < -0.3 is 10.4 Å². The van der Waals surface area contributed by atoms with Gasteiger partial charge in [0.15, 0.2) is 0 Å². The summed E-state index contributed by atoms with van der Waals surface area (Å²) in [7, 11) is 3.66. The van der Waals surface area contributed by atoms with Crippen LogP contribution in [0.25, 0.3) is 11.1 Å². The normalized spacial score (nSPS) is 11.7. The molecule has 0 aromatic heterocycles. The fourth-order valence-corrected chi connectivity index (χ4v) is 2.66. The van der Waals surface area contributed by atoms with Gasteiger partial charge in [0.1, 0.15) is 0 Å². The van der Waals surface area contributed by atoms with Crippen molar-refractivity contribution in [2.75, 3.05) is 27.2 Å². The van der Waals surface area contributed by atoms with Crippen molar-refractivity contribution in [3.05, 3.63) is 83.6 Å². The Morgan fingerprint density at radius 2 is 1.79 bits per heavy atom. The molecular weight excluding hydrogens is 348 g/mol. The number of allylic oxidation sites excluding steroid dienone is 2. The molecule has 0 saturated heterocycles. The summed E-state index contributed by atoms with van der Waals surface area (Å²) >= 11 is 0. The Morgan fingerprint density at radius 3 is 2.39 bits per heavy atom. The van der Waals surface area contributed by atoms with Crippen LogP contribution in [0.3, 0.4) is 0 Å². The highest BCUT2D eigenvalue weighted by Gasteiger charge is 2.04. The summed E-state index contributed by atoms with van der Waals surface area (Å²) in [6.07, 6.45) is 3.93. The molecule has 0 heterocycles. The first-order valence-electron chi connectivity index (χ1n) is 9.12. The van der Waals surface area contributed by atoms with Gasteiger partial charge in [0.05, 0.1) is 6.54 Å². The van der Waals surface area contributed by atoms with E-state index in [9.17, 15) is 4.79 Å². The fourth-order valence-electron chi connectivity index (χ4n) is 2.66. The molecule has 0 aliphatic heterocycles. The number of rotatable bonds is 7. The lowest BCUT2D eigenvalue weighted by Crippen LogP contribution is -2.25. The monoisotopic (exact) mass is 374 g/mol. The predicted molar refractivity (Wildman–Crippen MR) is 116 cm³/mol. The number of nitrogens with one attached hydrogen (secondary N) is 1. The number of hydrogen-bond donors (Lipinski definition) is 2. The van der Waals surface area contributed by atoms with Gasteiger partial charge in [0, 0.05) is 24.7 Å². The molecule has 4 nitrogen and oxygen atoms in total. The summed E-state index contributed by atoms with van der Waals surface area (Å²) < 4.78 is 0. The van der Waals surface area contributed by atoms with E-state index < -0.39 is 5.97 Å². The van der Waals surface area contributed by atoms with E-state index in [1.54, 1.807) is 11.9 Å². The first-order valence-corrected chi connectivity index (χ1v) is 9.12. The molecule has 28 heavy (non-hydrogen) atoms. The second kappa shape index (κ2) is 10.8. The number of hydrogen-bond acceptors (Lipinski definition) is 3. The van der Waals surface area contributed by atoms with Crippen molar-refractivity contribution >= 4 is 17.1 Å². The molecule has 0 atom stereocenters. The first kappa shape index (κ1) is 21.0. The number of nitrogens with zero attached hydrogens (tertiary/aromatic N) is 1. The minimum Gasteiger partial charge on any atom is -0.480 e. The van der Waals surface area contributed by atoms with Crippen LogP contribution in [0.1, 0.15) is 23.6 Å². The highest BCUT2D eigenvalue weighted by atomic mass is 16.4. The zero-order chi connectivity index (χ0) is 20.4. The van der Waals surface area contributed by atoms with Crippen LogP contribution < -0.4 is 5.32 Å². The average molecular weight is 374 g/mol. The molecule has 2 N–H and O–H groups in total. The van der Waals surface area contributed by atoms with Gasteiger partial charge in [-0.15, -0.1) is 0 Å². The molecule has 0 bridgehead atoms. The zero-order valence-electron chi connectivity index (χ0n) is 16.6. The Balaban J connectivity index is 2.24. The van der Waals surface area contributed by atoms with Gasteiger partial charge in [-0.2, -0.15) is 0 Å². The third-order valence-electron chi connectivity index (χ3n) is 4.14. The highest BCUT2D eigenvalue weighted by molar-refractivity contribution is 5.80. The van der Waals surface area contributed by atoms with Crippen LogP contribution in [0.5, 0.6) is 0 Å². The lowest BCUT2D eigenvalue weighted by molar-refractivity contribution is -0.137. The van der Waals surface area contributed by atoms with Gasteiger partial charge in [0.25, 0.3) is 0 Å². The first-order chi connectivity index (χ1) is 13.5. The van der Waals surface area contributed by atoms with Gasteiger partial charge in [-0.05, 0) is 49.0 Å². The van der Waals surface area contributed by atoms with E-state index in [1.165, 1.54) is 0 Å². The molecule has 2 aromatic carbocycles. The number of carboxylic acids is 1. The Kier molecular flexibility index (Phi) is 8.08. The molecule has 0 amide bonds. The van der Waals surface area contributed by atoms with E-state index in [-0.39, 0.29) is 6.54 Å². The standard InChI is InChI=1S/C24H26N2O2/c1-19(17-25-2)21-12-9-20(10-13-21)11-14-23(22-7-5-4-6-8-22)15-16-26(3)18-24(27)28/h4-10,12-13,15,17,25H,16,18H2,1-3H3,(H,27,28)/b19-17+,23-15-. The summed E-state index contributed by atoms with van der Waals surface area (Å²) in [5.41, 5.74) is 5.14. The van der Waals surface area contributed by atoms with Crippen molar-refractivity contribution in [3.63, 3.8) is 0 Å². The molecule has 0 saturated carbocycles. The summed E-state index contributed by atoms with van der Waals surface area (Å²) in [5, 5.41) is 12.0. The molecule has 0 aliphatic rings. The lowest BCUT2D eigenvalue weighted by Gasteiger charge is -2.11. The van der Waals surface area contributed by atoms with E-state index >= 15 is 0 Å². The van der Waals surface area contributed by atoms with Gasteiger partial charge >= 0.3 is 5.97 Å². The number of aliphatic carboxylic acids is 1. The lowest BCUT2D eigenvalue weighted by atomic mass is 10.0. The van der Waals surface area contributed by atoms with E-state index in [0.717, 1.165) is 27.8 Å². The maximum Gasteiger partial charge on any atom is 0.317 e. The van der Waals surface area contributed by atoms with E-state index in [1.807, 2.05) is 61.8 Å². The van der Waals surface area contributed by atoms with Gasteiger partial charge in [-0.1, -0.05) is 60.4 Å². The van der Waals surface area contributed by atoms with Crippen LogP contribution in [0.4, 0.5) is 0 Å². The van der Waals surface area contributed by atoms with Crippen molar-refractivity contribution < 1.29 is 9.90 Å². The highest BCUT2D eigenvalue weighted by Crippen LogP contribution is 2.15. The molecule has 0 radical (unpaired) electrons. The molecule has 2 rings (SSSR count). The molecule has 144 valence electrons. The SMILES string of the molecule is CN/C=C(\C)c1ccc(C#C/C(=C/CN(C)CC(=O)O)c2ccccc2)cc1. The molecular formula is C24H26N2O2.